The summed E-state index contributed by atoms with van der Waals surface area (Å²) in [5.41, 5.74) is 3.38. The Morgan fingerprint density at radius 1 is 1.05 bits per heavy atom. The molecular formula is C19H23NO2. The van der Waals surface area contributed by atoms with Crippen molar-refractivity contribution in [2.75, 3.05) is 18.5 Å². The van der Waals surface area contributed by atoms with Gasteiger partial charge in [-0.05, 0) is 43.0 Å². The van der Waals surface area contributed by atoms with Gasteiger partial charge in [0.2, 0.25) is 0 Å². The van der Waals surface area contributed by atoms with E-state index >= 15 is 0 Å². The average Bonchev–Trinajstić information content (AvgIpc) is 2.52. The first-order chi connectivity index (χ1) is 10.7. The summed E-state index contributed by atoms with van der Waals surface area (Å²) in [6, 6.07) is 18.0. The van der Waals surface area contributed by atoms with E-state index in [-0.39, 0.29) is 5.97 Å². The van der Waals surface area contributed by atoms with Crippen LogP contribution in [0, 0.1) is 6.92 Å². The lowest BCUT2D eigenvalue weighted by Crippen LogP contribution is -2.10. The minimum Gasteiger partial charge on any atom is -0.465 e. The molecule has 2 aromatic rings. The molecule has 22 heavy (non-hydrogen) atoms. The Kier molecular flexibility index (Phi) is 6.49. The summed E-state index contributed by atoms with van der Waals surface area (Å²) in [6.07, 6.45) is 2.20. The van der Waals surface area contributed by atoms with Crippen LogP contribution in [0.25, 0.3) is 0 Å². The van der Waals surface area contributed by atoms with Gasteiger partial charge in [0.25, 0.3) is 0 Å². The minimum atomic E-state index is -0.155. The third kappa shape index (κ3) is 6.00. The summed E-state index contributed by atoms with van der Waals surface area (Å²) in [5, 5.41) is 3.37. The Balaban J connectivity index is 1.55. The predicted molar refractivity (Wildman–Crippen MR) is 90.0 cm³/mol. The van der Waals surface area contributed by atoms with Crippen LogP contribution in [0.3, 0.4) is 0 Å². The van der Waals surface area contributed by atoms with Crippen LogP contribution >= 0.6 is 0 Å². The Labute approximate surface area is 132 Å². The van der Waals surface area contributed by atoms with Gasteiger partial charge < -0.3 is 10.1 Å². The van der Waals surface area contributed by atoms with Crippen LogP contribution in [0.1, 0.15) is 24.0 Å². The summed E-state index contributed by atoms with van der Waals surface area (Å²) in [6.45, 7) is 3.46. The molecule has 0 fully saturated rings. The van der Waals surface area contributed by atoms with Crippen LogP contribution in [0.2, 0.25) is 0 Å². The molecule has 1 N–H and O–H groups in total. The SMILES string of the molecule is Cc1cccc(NCCCCOC(=O)Cc2ccccc2)c1. The predicted octanol–water partition coefficient (Wildman–Crippen LogP) is 3.97. The number of hydrogen-bond acceptors (Lipinski definition) is 3. The van der Waals surface area contributed by atoms with E-state index in [1.807, 2.05) is 36.4 Å². The van der Waals surface area contributed by atoms with E-state index in [9.17, 15) is 4.79 Å². The van der Waals surface area contributed by atoms with E-state index in [1.54, 1.807) is 0 Å². The summed E-state index contributed by atoms with van der Waals surface area (Å²) in [7, 11) is 0. The van der Waals surface area contributed by atoms with Gasteiger partial charge in [0, 0.05) is 12.2 Å². The lowest BCUT2D eigenvalue weighted by atomic mass is 10.2. The number of esters is 1. The smallest absolute Gasteiger partial charge is 0.310 e. The second-order valence-electron chi connectivity index (χ2n) is 5.39. The lowest BCUT2D eigenvalue weighted by molar-refractivity contribution is -0.142. The van der Waals surface area contributed by atoms with Crippen molar-refractivity contribution in [2.24, 2.45) is 0 Å². The topological polar surface area (TPSA) is 38.3 Å². The summed E-state index contributed by atoms with van der Waals surface area (Å²) in [4.78, 5) is 11.7. The van der Waals surface area contributed by atoms with E-state index in [1.165, 1.54) is 5.56 Å². The number of rotatable bonds is 8. The first kappa shape index (κ1) is 16.1. The van der Waals surface area contributed by atoms with Gasteiger partial charge in [-0.1, -0.05) is 42.5 Å². The molecule has 0 atom stereocenters. The number of ether oxygens (including phenoxy) is 1. The van der Waals surface area contributed by atoms with Crippen LogP contribution in [-0.2, 0) is 16.0 Å². The fourth-order valence-corrected chi connectivity index (χ4v) is 2.21. The van der Waals surface area contributed by atoms with Gasteiger partial charge in [0.15, 0.2) is 0 Å². The molecule has 0 saturated carbocycles. The second-order valence-corrected chi connectivity index (χ2v) is 5.39. The molecule has 2 aromatic carbocycles. The minimum absolute atomic E-state index is 0.155. The standard InChI is InChI=1S/C19H23NO2/c1-16-8-7-11-18(14-16)20-12-5-6-13-22-19(21)15-17-9-3-2-4-10-17/h2-4,7-11,14,20H,5-6,12-13,15H2,1H3. The highest BCUT2D eigenvalue weighted by Crippen LogP contribution is 2.09. The van der Waals surface area contributed by atoms with Crippen LogP contribution < -0.4 is 5.32 Å². The summed E-state index contributed by atoms with van der Waals surface area (Å²) < 4.78 is 5.25. The van der Waals surface area contributed by atoms with E-state index in [4.69, 9.17) is 4.74 Å². The summed E-state index contributed by atoms with van der Waals surface area (Å²) >= 11 is 0. The van der Waals surface area contributed by atoms with E-state index < -0.39 is 0 Å². The highest BCUT2D eigenvalue weighted by Gasteiger charge is 2.03. The molecule has 0 aromatic heterocycles. The molecule has 116 valence electrons. The number of unbranched alkanes of at least 4 members (excludes halogenated alkanes) is 1. The maximum atomic E-state index is 11.7. The third-order valence-corrected chi connectivity index (χ3v) is 3.37. The molecule has 0 bridgehead atoms. The maximum Gasteiger partial charge on any atom is 0.310 e. The van der Waals surface area contributed by atoms with E-state index in [0.717, 1.165) is 30.6 Å². The van der Waals surface area contributed by atoms with Crippen LogP contribution in [0.4, 0.5) is 5.69 Å². The first-order valence-corrected chi connectivity index (χ1v) is 7.74. The summed E-state index contributed by atoms with van der Waals surface area (Å²) in [5.74, 6) is -0.155. The normalized spacial score (nSPS) is 10.2. The van der Waals surface area contributed by atoms with Crippen molar-refractivity contribution in [3.8, 4) is 0 Å². The molecule has 0 aliphatic heterocycles. The van der Waals surface area contributed by atoms with Crippen molar-refractivity contribution in [3.63, 3.8) is 0 Å². The average molecular weight is 297 g/mol. The molecule has 0 spiro atoms. The van der Waals surface area contributed by atoms with E-state index in [0.29, 0.717) is 13.0 Å². The Hall–Kier alpha value is -2.29. The molecular weight excluding hydrogens is 274 g/mol. The fraction of sp³-hybridized carbons (Fsp3) is 0.316. The molecule has 3 nitrogen and oxygen atoms in total. The lowest BCUT2D eigenvalue weighted by Gasteiger charge is -2.08. The third-order valence-electron chi connectivity index (χ3n) is 3.37. The molecule has 0 aliphatic carbocycles. The van der Waals surface area contributed by atoms with Crippen molar-refractivity contribution in [2.45, 2.75) is 26.2 Å². The number of benzene rings is 2. The van der Waals surface area contributed by atoms with Crippen LogP contribution in [0.5, 0.6) is 0 Å². The van der Waals surface area contributed by atoms with Gasteiger partial charge in [-0.15, -0.1) is 0 Å². The number of carbonyl (C=O) groups is 1. The van der Waals surface area contributed by atoms with Gasteiger partial charge in [-0.25, -0.2) is 0 Å². The van der Waals surface area contributed by atoms with E-state index in [2.05, 4.69) is 30.4 Å². The fourth-order valence-electron chi connectivity index (χ4n) is 2.21. The van der Waals surface area contributed by atoms with Gasteiger partial charge >= 0.3 is 5.97 Å². The Morgan fingerprint density at radius 2 is 1.86 bits per heavy atom. The Morgan fingerprint density at radius 3 is 2.64 bits per heavy atom. The second kappa shape index (κ2) is 8.88. The number of nitrogens with one attached hydrogen (secondary N) is 1. The number of carbonyl (C=O) groups excluding carboxylic acids is 1. The largest absolute Gasteiger partial charge is 0.465 e. The highest BCUT2D eigenvalue weighted by molar-refractivity contribution is 5.72. The van der Waals surface area contributed by atoms with Gasteiger partial charge in [0.05, 0.1) is 13.0 Å². The number of aryl methyl sites for hydroxylation is 1. The molecule has 0 amide bonds. The zero-order valence-corrected chi connectivity index (χ0v) is 13.0. The van der Waals surface area contributed by atoms with Crippen LogP contribution in [-0.4, -0.2) is 19.1 Å². The molecule has 3 heteroatoms. The van der Waals surface area contributed by atoms with Gasteiger partial charge in [-0.3, -0.25) is 4.79 Å². The quantitative estimate of drug-likeness (QED) is 0.592. The van der Waals surface area contributed by atoms with Crippen molar-refractivity contribution in [1.29, 1.82) is 0 Å². The van der Waals surface area contributed by atoms with Gasteiger partial charge in [-0.2, -0.15) is 0 Å². The van der Waals surface area contributed by atoms with Crippen LogP contribution in [0.15, 0.2) is 54.6 Å². The molecule has 0 saturated heterocycles. The molecule has 0 radical (unpaired) electrons. The zero-order chi connectivity index (χ0) is 15.6. The molecule has 0 aliphatic rings. The van der Waals surface area contributed by atoms with Gasteiger partial charge in [0.1, 0.15) is 0 Å². The van der Waals surface area contributed by atoms with Crippen molar-refractivity contribution in [1.82, 2.24) is 0 Å². The maximum absolute atomic E-state index is 11.7. The zero-order valence-electron chi connectivity index (χ0n) is 13.0. The highest BCUT2D eigenvalue weighted by atomic mass is 16.5. The Bertz CT molecular complexity index is 581. The molecule has 0 unspecified atom stereocenters. The van der Waals surface area contributed by atoms with Crippen molar-refractivity contribution >= 4 is 11.7 Å². The number of hydrogen-bond donors (Lipinski definition) is 1. The monoisotopic (exact) mass is 297 g/mol. The van der Waals surface area contributed by atoms with Crippen molar-refractivity contribution in [3.05, 3.63) is 65.7 Å². The molecule has 0 heterocycles. The van der Waals surface area contributed by atoms with Crippen molar-refractivity contribution < 1.29 is 9.53 Å². The molecule has 2 rings (SSSR count). The number of anilines is 1. The first-order valence-electron chi connectivity index (χ1n) is 7.74.